The van der Waals surface area contributed by atoms with Crippen molar-refractivity contribution >= 4 is 17.2 Å². The number of furan rings is 1. The lowest BCUT2D eigenvalue weighted by Gasteiger charge is -2.25. The minimum Gasteiger partial charge on any atom is -0.467 e. The van der Waals surface area contributed by atoms with Gasteiger partial charge in [0.25, 0.3) is 5.91 Å². The van der Waals surface area contributed by atoms with Gasteiger partial charge in [0.05, 0.1) is 18.7 Å². The van der Waals surface area contributed by atoms with Crippen molar-refractivity contribution < 1.29 is 9.21 Å². The van der Waals surface area contributed by atoms with Crippen LogP contribution in [0.1, 0.15) is 39.7 Å². The Morgan fingerprint density at radius 1 is 1.45 bits per heavy atom. The second-order valence-electron chi connectivity index (χ2n) is 5.04. The molecule has 0 fully saturated rings. The Hall–Kier alpha value is -1.59. The molecule has 0 unspecified atom stereocenters. The summed E-state index contributed by atoms with van der Waals surface area (Å²) in [7, 11) is 0. The van der Waals surface area contributed by atoms with Crippen molar-refractivity contribution in [3.05, 3.63) is 45.5 Å². The second-order valence-corrected chi connectivity index (χ2v) is 6.42. The van der Waals surface area contributed by atoms with E-state index >= 15 is 0 Å². The molecule has 0 radical (unpaired) electrons. The minimum atomic E-state index is -0.0190. The molecule has 0 saturated carbocycles. The Labute approximate surface area is 123 Å². The molecule has 0 saturated heterocycles. The van der Waals surface area contributed by atoms with E-state index in [1.807, 2.05) is 18.7 Å². The molecule has 0 spiro atoms. The molecule has 4 nitrogen and oxygen atoms in total. The summed E-state index contributed by atoms with van der Waals surface area (Å²) >= 11 is 1.72. The summed E-state index contributed by atoms with van der Waals surface area (Å²) in [6.07, 6.45) is 1.49. The van der Waals surface area contributed by atoms with E-state index in [0.29, 0.717) is 24.4 Å². The van der Waals surface area contributed by atoms with Crippen LogP contribution in [0.15, 0.2) is 28.9 Å². The molecule has 5 heteroatoms. The molecular weight excluding hydrogens is 272 g/mol. The maximum Gasteiger partial charge on any atom is 0.257 e. The fraction of sp³-hybridized carbons (Fsp3) is 0.400. The number of hydrogen-bond donors (Lipinski definition) is 1. The number of rotatable bonds is 5. The highest BCUT2D eigenvalue weighted by Gasteiger charge is 2.21. The van der Waals surface area contributed by atoms with Crippen LogP contribution in [0, 0.1) is 6.92 Å². The van der Waals surface area contributed by atoms with Crippen LogP contribution in [-0.4, -0.2) is 16.8 Å². The van der Waals surface area contributed by atoms with Crippen LogP contribution in [0.5, 0.6) is 0 Å². The molecule has 2 aromatic rings. The van der Waals surface area contributed by atoms with Gasteiger partial charge in [-0.2, -0.15) is 0 Å². The number of hydrogen-bond acceptors (Lipinski definition) is 4. The summed E-state index contributed by atoms with van der Waals surface area (Å²) in [6, 6.07) is 6.00. The van der Waals surface area contributed by atoms with Gasteiger partial charge in [0.15, 0.2) is 0 Å². The minimum absolute atomic E-state index is 0.0190. The standard InChI is InChI=1S/C15H20N2O2S/c1-10(2)17(8-14-5-4-11(3)20-14)15(18)12-6-13(7-16)19-9-12/h4-6,9-10H,7-8,16H2,1-3H3. The van der Waals surface area contributed by atoms with E-state index in [0.717, 1.165) is 0 Å². The van der Waals surface area contributed by atoms with E-state index in [1.54, 1.807) is 17.4 Å². The predicted molar refractivity (Wildman–Crippen MR) is 80.7 cm³/mol. The zero-order valence-electron chi connectivity index (χ0n) is 12.1. The van der Waals surface area contributed by atoms with Gasteiger partial charge in [-0.3, -0.25) is 4.79 Å². The van der Waals surface area contributed by atoms with Gasteiger partial charge >= 0.3 is 0 Å². The number of thiophene rings is 1. The van der Waals surface area contributed by atoms with Gasteiger partial charge in [-0.25, -0.2) is 0 Å². The molecule has 108 valence electrons. The average Bonchev–Trinajstić information content (AvgIpc) is 3.03. The highest BCUT2D eigenvalue weighted by molar-refractivity contribution is 7.11. The highest BCUT2D eigenvalue weighted by Crippen LogP contribution is 2.20. The van der Waals surface area contributed by atoms with Crippen molar-refractivity contribution in [3.63, 3.8) is 0 Å². The molecule has 0 bridgehead atoms. The van der Waals surface area contributed by atoms with Crippen LogP contribution in [0.25, 0.3) is 0 Å². The molecule has 20 heavy (non-hydrogen) atoms. The summed E-state index contributed by atoms with van der Waals surface area (Å²) in [5, 5.41) is 0. The van der Waals surface area contributed by atoms with E-state index in [4.69, 9.17) is 10.2 Å². The van der Waals surface area contributed by atoms with Crippen molar-refractivity contribution in [1.82, 2.24) is 4.90 Å². The molecule has 0 atom stereocenters. The van der Waals surface area contributed by atoms with E-state index in [1.165, 1.54) is 16.0 Å². The predicted octanol–water partition coefficient (Wildman–Crippen LogP) is 3.16. The van der Waals surface area contributed by atoms with E-state index in [2.05, 4.69) is 19.1 Å². The van der Waals surface area contributed by atoms with Crippen LogP contribution >= 0.6 is 11.3 Å². The smallest absolute Gasteiger partial charge is 0.257 e. The van der Waals surface area contributed by atoms with Gasteiger partial charge in [0, 0.05) is 15.8 Å². The third kappa shape index (κ3) is 3.29. The Morgan fingerprint density at radius 2 is 2.20 bits per heavy atom. The topological polar surface area (TPSA) is 59.5 Å². The normalized spacial score (nSPS) is 11.1. The van der Waals surface area contributed by atoms with E-state index < -0.39 is 0 Å². The first-order chi connectivity index (χ1) is 9.51. The number of nitrogens with zero attached hydrogens (tertiary/aromatic N) is 1. The molecule has 2 heterocycles. The van der Waals surface area contributed by atoms with E-state index in [9.17, 15) is 4.79 Å². The van der Waals surface area contributed by atoms with Gasteiger partial charge in [-0.15, -0.1) is 11.3 Å². The van der Waals surface area contributed by atoms with Crippen molar-refractivity contribution in [2.45, 2.75) is 39.9 Å². The molecule has 0 aromatic carbocycles. The molecule has 1 amide bonds. The second kappa shape index (κ2) is 6.24. The number of aryl methyl sites for hydroxylation is 1. The van der Waals surface area contributed by atoms with Gasteiger partial charge in [0.1, 0.15) is 12.0 Å². The number of nitrogens with two attached hydrogens (primary N) is 1. The first kappa shape index (κ1) is 14.8. The summed E-state index contributed by atoms with van der Waals surface area (Å²) in [6.45, 7) is 7.03. The maximum atomic E-state index is 12.6. The number of amides is 1. The van der Waals surface area contributed by atoms with Gasteiger partial charge in [0.2, 0.25) is 0 Å². The van der Waals surface area contributed by atoms with Gasteiger partial charge in [-0.05, 0) is 39.0 Å². The molecule has 2 aromatic heterocycles. The summed E-state index contributed by atoms with van der Waals surface area (Å²) in [5.74, 6) is 0.610. The van der Waals surface area contributed by atoms with E-state index in [-0.39, 0.29) is 11.9 Å². The Morgan fingerprint density at radius 3 is 2.70 bits per heavy atom. The fourth-order valence-corrected chi connectivity index (χ4v) is 2.88. The third-order valence-electron chi connectivity index (χ3n) is 3.11. The van der Waals surface area contributed by atoms with Crippen LogP contribution in [0.4, 0.5) is 0 Å². The lowest BCUT2D eigenvalue weighted by Crippen LogP contribution is -2.35. The number of carbonyl (C=O) groups excluding carboxylic acids is 1. The summed E-state index contributed by atoms with van der Waals surface area (Å²) in [5.41, 5.74) is 6.07. The van der Waals surface area contributed by atoms with Crippen molar-refractivity contribution in [2.75, 3.05) is 0 Å². The summed E-state index contributed by atoms with van der Waals surface area (Å²) < 4.78 is 5.25. The Kier molecular flexibility index (Phi) is 4.62. The van der Waals surface area contributed by atoms with Crippen molar-refractivity contribution in [2.24, 2.45) is 5.73 Å². The first-order valence-corrected chi connectivity index (χ1v) is 7.46. The van der Waals surface area contributed by atoms with Crippen molar-refractivity contribution in [3.8, 4) is 0 Å². The summed E-state index contributed by atoms with van der Waals surface area (Å²) in [4.78, 5) is 16.8. The van der Waals surface area contributed by atoms with Crippen LogP contribution in [0.3, 0.4) is 0 Å². The fourth-order valence-electron chi connectivity index (χ4n) is 1.99. The number of carbonyl (C=O) groups is 1. The van der Waals surface area contributed by atoms with Gasteiger partial charge < -0.3 is 15.1 Å². The maximum absolute atomic E-state index is 12.6. The highest BCUT2D eigenvalue weighted by atomic mass is 32.1. The van der Waals surface area contributed by atoms with Gasteiger partial charge in [-0.1, -0.05) is 0 Å². The lowest BCUT2D eigenvalue weighted by atomic mass is 10.2. The largest absolute Gasteiger partial charge is 0.467 e. The molecule has 0 aliphatic carbocycles. The zero-order valence-corrected chi connectivity index (χ0v) is 12.9. The monoisotopic (exact) mass is 292 g/mol. The SMILES string of the molecule is Cc1ccc(CN(C(=O)c2coc(CN)c2)C(C)C)s1. The molecule has 2 rings (SSSR count). The molecule has 2 N–H and O–H groups in total. The average molecular weight is 292 g/mol. The zero-order chi connectivity index (χ0) is 14.7. The van der Waals surface area contributed by atoms with Crippen LogP contribution in [0.2, 0.25) is 0 Å². The van der Waals surface area contributed by atoms with Crippen LogP contribution in [-0.2, 0) is 13.1 Å². The Balaban J connectivity index is 2.17. The Bertz CT molecular complexity index is 586. The first-order valence-electron chi connectivity index (χ1n) is 6.65. The quantitative estimate of drug-likeness (QED) is 0.921. The lowest BCUT2D eigenvalue weighted by molar-refractivity contribution is 0.0691. The molecular formula is C15H20N2O2S. The molecule has 0 aliphatic rings. The third-order valence-corrected chi connectivity index (χ3v) is 4.09. The molecule has 0 aliphatic heterocycles. The van der Waals surface area contributed by atoms with Crippen molar-refractivity contribution in [1.29, 1.82) is 0 Å². The van der Waals surface area contributed by atoms with Crippen LogP contribution < -0.4 is 5.73 Å².